The second-order valence-electron chi connectivity index (χ2n) is 23.8. The summed E-state index contributed by atoms with van der Waals surface area (Å²) in [5.74, 6) is 0.744. The number of carbonyl (C=O) groups excluding carboxylic acids is 1. The second kappa shape index (κ2) is 31.8. The van der Waals surface area contributed by atoms with E-state index < -0.39 is 57.1 Å². The molecule has 5 N–H and O–H groups in total. The number of allylic oxidation sites excluding steroid dienone is 8. The molecule has 0 spiro atoms. The van der Waals surface area contributed by atoms with E-state index in [0.29, 0.717) is 170 Å². The van der Waals surface area contributed by atoms with Gasteiger partial charge < -0.3 is 38.8 Å². The van der Waals surface area contributed by atoms with Crippen molar-refractivity contribution in [2.24, 2.45) is 0 Å². The molecule has 0 saturated carbocycles. The lowest BCUT2D eigenvalue weighted by atomic mass is 9.69. The lowest BCUT2D eigenvalue weighted by molar-refractivity contribution is -0.121. The fourth-order valence-electron chi connectivity index (χ4n) is 12.9. The van der Waals surface area contributed by atoms with Gasteiger partial charge in [0.15, 0.2) is 0 Å². The molecule has 0 saturated heterocycles. The van der Waals surface area contributed by atoms with Crippen LogP contribution in [0.4, 0.5) is 11.4 Å². The Balaban J connectivity index is 1.00. The summed E-state index contributed by atoms with van der Waals surface area (Å²) in [6.07, 6.45) is 20.7. The SMILES string of the molecule is CC1(CCCCS(=O)(=O)O)C(C=CC2=C(Oc3ccc(S(=O)(=O)O)cc3)C(=CC=C3N4CCCc5ccc(S(=O)(=O)O)c(c54)C3(C)CCCCCC(=O)NCCOCCOCCOCCOCCCCCCCl)CCC2)=CN2CCc3ccc(S(=O)(=O)O)c1c32. The highest BCUT2D eigenvalue weighted by molar-refractivity contribution is 7.86. The Morgan fingerprint density at radius 1 is 0.600 bits per heavy atom. The highest BCUT2D eigenvalue weighted by atomic mass is 35.5. The molecule has 2 atom stereocenters. The largest absolute Gasteiger partial charge is 0.457 e. The standard InChI is InChI=1S/C64H86ClN3O18S4/c1-63(31-8-11-45-87(70,71)72)51(46-67-36-30-48-20-28-54(89(76,77)78)58(63)60(48)67)22-18-49-14-12-15-50(62(49)86-52-23-25-53(26-24-52)88(73,74)75)21-29-56-64(2,59-55(90(79,80)81)27-19-47-16-13-35-68(56)61(47)59)32-7-5-6-17-57(69)66-34-38-83-40-42-85-44-43-84-41-39-82-37-10-4-3-9-33-65/h18-29,46H,3-17,30-45H2,1-2H3,(H,66,69)(H,70,71,72)(H,73,74,75)(H,76,77,78)(H,79,80,81). The van der Waals surface area contributed by atoms with Crippen molar-refractivity contribution in [3.8, 4) is 5.75 Å². The van der Waals surface area contributed by atoms with Gasteiger partial charge in [-0.3, -0.25) is 23.0 Å². The number of nitrogens with one attached hydrogen (secondary N) is 1. The first kappa shape index (κ1) is 70.9. The number of anilines is 2. The predicted molar refractivity (Wildman–Crippen MR) is 344 cm³/mol. The average Bonchev–Trinajstić information content (AvgIpc) is 1.48. The van der Waals surface area contributed by atoms with Crippen molar-refractivity contribution >= 4 is 69.4 Å². The van der Waals surface area contributed by atoms with E-state index in [1.807, 2.05) is 49.3 Å². The maximum Gasteiger partial charge on any atom is 0.294 e. The minimum atomic E-state index is -4.76. The molecule has 90 heavy (non-hydrogen) atoms. The molecule has 8 rings (SSSR count). The van der Waals surface area contributed by atoms with Gasteiger partial charge in [0.05, 0.1) is 56.9 Å². The number of halogens is 1. The summed E-state index contributed by atoms with van der Waals surface area (Å²) in [7, 11) is -18.3. The molecule has 0 radical (unpaired) electrons. The van der Waals surface area contributed by atoms with Crippen LogP contribution in [0.1, 0.15) is 139 Å². The molecule has 1 amide bonds. The van der Waals surface area contributed by atoms with Crippen LogP contribution in [0.3, 0.4) is 0 Å². The maximum absolute atomic E-state index is 13.3. The van der Waals surface area contributed by atoms with Crippen molar-refractivity contribution in [1.29, 1.82) is 0 Å². The van der Waals surface area contributed by atoms with Gasteiger partial charge >= 0.3 is 0 Å². The fraction of sp³-hybridized carbons (Fsp3) is 0.547. The number of ether oxygens (including phenoxy) is 5. The zero-order chi connectivity index (χ0) is 64.7. The van der Waals surface area contributed by atoms with Gasteiger partial charge in [-0.15, -0.1) is 11.6 Å². The molecular weight excluding hydrogens is 1260 g/mol. The molecule has 0 bridgehead atoms. The first-order valence-corrected chi connectivity index (χ1v) is 37.5. The van der Waals surface area contributed by atoms with Crippen LogP contribution in [0, 0.1) is 0 Å². The molecule has 3 aromatic carbocycles. The normalized spacial score (nSPS) is 20.1. The first-order chi connectivity index (χ1) is 42.8. The van der Waals surface area contributed by atoms with E-state index in [0.717, 1.165) is 60.2 Å². The van der Waals surface area contributed by atoms with Crippen molar-refractivity contribution in [2.75, 3.05) is 93.9 Å². The van der Waals surface area contributed by atoms with E-state index in [9.17, 15) is 56.7 Å². The molecule has 4 aliphatic heterocycles. The smallest absolute Gasteiger partial charge is 0.294 e. The molecule has 21 nitrogen and oxygen atoms in total. The highest BCUT2D eigenvalue weighted by Gasteiger charge is 2.49. The topological polar surface area (TPSA) is 299 Å². The van der Waals surface area contributed by atoms with Crippen LogP contribution >= 0.6 is 11.6 Å². The highest BCUT2D eigenvalue weighted by Crippen LogP contribution is 2.56. The van der Waals surface area contributed by atoms with Gasteiger partial charge in [0, 0.05) is 83.8 Å². The minimum Gasteiger partial charge on any atom is -0.457 e. The van der Waals surface area contributed by atoms with Crippen LogP contribution in [0.2, 0.25) is 0 Å². The second-order valence-corrected chi connectivity index (χ2v) is 30.0. The minimum absolute atomic E-state index is 0.0786. The van der Waals surface area contributed by atoms with E-state index in [4.69, 9.17) is 35.3 Å². The molecule has 26 heteroatoms. The van der Waals surface area contributed by atoms with Crippen LogP contribution in [0.15, 0.2) is 122 Å². The lowest BCUT2D eigenvalue weighted by Crippen LogP contribution is -2.34. The van der Waals surface area contributed by atoms with Crippen molar-refractivity contribution in [2.45, 2.75) is 155 Å². The Labute approximate surface area is 535 Å². The average molecular weight is 1350 g/mol. The number of rotatable bonds is 37. The quantitative estimate of drug-likeness (QED) is 0.0204. The van der Waals surface area contributed by atoms with Gasteiger partial charge in [0.25, 0.3) is 40.5 Å². The third-order valence-corrected chi connectivity index (χ3v) is 21.1. The Morgan fingerprint density at radius 2 is 1.20 bits per heavy atom. The Morgan fingerprint density at radius 3 is 1.84 bits per heavy atom. The van der Waals surface area contributed by atoms with Crippen molar-refractivity contribution < 1.29 is 80.4 Å². The van der Waals surface area contributed by atoms with Gasteiger partial charge in [-0.05, 0) is 154 Å². The van der Waals surface area contributed by atoms with Crippen molar-refractivity contribution in [3.05, 3.63) is 129 Å². The number of amides is 1. The van der Waals surface area contributed by atoms with Gasteiger partial charge in [-0.2, -0.15) is 33.7 Å². The van der Waals surface area contributed by atoms with E-state index in [2.05, 4.69) is 10.2 Å². The summed E-state index contributed by atoms with van der Waals surface area (Å²) in [5, 5.41) is 2.91. The molecule has 4 heterocycles. The summed E-state index contributed by atoms with van der Waals surface area (Å²) >= 11 is 5.71. The Bertz CT molecular complexity index is 3660. The van der Waals surface area contributed by atoms with Gasteiger partial charge in [0.1, 0.15) is 21.3 Å². The molecule has 0 aromatic heterocycles. The van der Waals surface area contributed by atoms with Crippen LogP contribution in [-0.2, 0) is 87.9 Å². The molecular formula is C64H86ClN3O18S4. The number of hydrogen-bond acceptors (Lipinski definition) is 16. The number of hydrogen-bond donors (Lipinski definition) is 5. The number of aryl methyl sites for hydroxylation is 1. The van der Waals surface area contributed by atoms with Crippen LogP contribution < -0.4 is 19.9 Å². The van der Waals surface area contributed by atoms with E-state index >= 15 is 0 Å². The van der Waals surface area contributed by atoms with E-state index in [1.165, 1.54) is 36.4 Å². The summed E-state index contributed by atoms with van der Waals surface area (Å²) in [6, 6.07) is 11.6. The molecule has 0 fully saturated rings. The zero-order valence-corrected chi connectivity index (χ0v) is 55.4. The molecule has 5 aliphatic rings. The summed E-state index contributed by atoms with van der Waals surface area (Å²) in [6.45, 7) is 8.98. The van der Waals surface area contributed by atoms with Crippen molar-refractivity contribution in [1.82, 2.24) is 5.32 Å². The number of carbonyl (C=O) groups is 1. The van der Waals surface area contributed by atoms with E-state index in [-0.39, 0.29) is 52.0 Å². The summed E-state index contributed by atoms with van der Waals surface area (Å²) in [5.41, 5.74) is 4.96. The monoisotopic (exact) mass is 1350 g/mol. The van der Waals surface area contributed by atoms with Gasteiger partial charge in [0.2, 0.25) is 5.91 Å². The molecule has 1 aliphatic carbocycles. The number of nitrogens with zero attached hydrogens (tertiary/aromatic N) is 2. The van der Waals surface area contributed by atoms with Gasteiger partial charge in [-0.1, -0.05) is 69.4 Å². The molecule has 496 valence electrons. The maximum atomic E-state index is 13.3. The number of benzene rings is 3. The van der Waals surface area contributed by atoms with Crippen molar-refractivity contribution in [3.63, 3.8) is 0 Å². The summed E-state index contributed by atoms with van der Waals surface area (Å²) in [4.78, 5) is 16.3. The molecule has 3 aromatic rings. The lowest BCUT2D eigenvalue weighted by Gasteiger charge is -2.41. The third kappa shape index (κ3) is 18.4. The summed E-state index contributed by atoms with van der Waals surface area (Å²) < 4.78 is 171. The van der Waals surface area contributed by atoms with Crippen LogP contribution in [-0.4, -0.2) is 142 Å². The van der Waals surface area contributed by atoms with Gasteiger partial charge in [-0.25, -0.2) is 0 Å². The Hall–Kier alpha value is -5.00. The zero-order valence-electron chi connectivity index (χ0n) is 51.3. The van der Waals surface area contributed by atoms with E-state index in [1.54, 1.807) is 12.1 Å². The number of alkyl halides is 1. The Kier molecular flexibility index (Phi) is 25.0. The molecule has 2 unspecified atom stereocenters. The van der Waals surface area contributed by atoms with Crippen LogP contribution in [0.25, 0.3) is 0 Å². The fourth-order valence-corrected chi connectivity index (χ4v) is 15.8. The number of unbranched alkanes of at least 4 members (excludes halogenated alkanes) is 6. The third-order valence-electron chi connectivity index (χ3n) is 17.4. The van der Waals surface area contributed by atoms with Crippen LogP contribution in [0.5, 0.6) is 5.75 Å². The first-order valence-electron chi connectivity index (χ1n) is 31.0. The predicted octanol–water partition coefficient (Wildman–Crippen LogP) is 10.5.